The zero-order valence-electron chi connectivity index (χ0n) is 12.5. The van der Waals surface area contributed by atoms with Crippen molar-refractivity contribution in [2.24, 2.45) is 0 Å². The highest BCUT2D eigenvalue weighted by molar-refractivity contribution is 7.13. The summed E-state index contributed by atoms with van der Waals surface area (Å²) in [6.07, 6.45) is 1.60. The summed E-state index contributed by atoms with van der Waals surface area (Å²) in [4.78, 5) is 16.7. The van der Waals surface area contributed by atoms with Crippen molar-refractivity contribution >= 4 is 33.3 Å². The zero-order chi connectivity index (χ0) is 16.5. The van der Waals surface area contributed by atoms with Crippen LogP contribution in [0.15, 0.2) is 66.2 Å². The first-order valence-electron chi connectivity index (χ1n) is 7.32. The lowest BCUT2D eigenvalue weighted by Gasteiger charge is -2.15. The van der Waals surface area contributed by atoms with Crippen molar-refractivity contribution in [1.29, 1.82) is 0 Å². The largest absolute Gasteiger partial charge is 0.859 e. The number of thiazole rings is 1. The molecule has 0 spiro atoms. The molecule has 0 aliphatic carbocycles. The van der Waals surface area contributed by atoms with Gasteiger partial charge in [0.05, 0.1) is 11.1 Å². The van der Waals surface area contributed by atoms with Crippen molar-refractivity contribution in [3.8, 4) is 11.6 Å². The highest BCUT2D eigenvalue weighted by atomic mass is 32.1. The Hall–Kier alpha value is -3.12. The molecule has 0 aliphatic rings. The Morgan fingerprint density at radius 2 is 1.83 bits per heavy atom. The van der Waals surface area contributed by atoms with E-state index in [4.69, 9.17) is 0 Å². The molecule has 0 unspecified atom stereocenters. The second kappa shape index (κ2) is 5.82. The number of anilines is 1. The molecule has 0 bridgehead atoms. The van der Waals surface area contributed by atoms with Crippen molar-refractivity contribution in [1.82, 2.24) is 9.55 Å². The highest BCUT2D eigenvalue weighted by Gasteiger charge is 2.18. The molecular weight excluding hydrogens is 322 g/mol. The third-order valence-electron chi connectivity index (χ3n) is 3.73. The van der Waals surface area contributed by atoms with Gasteiger partial charge in [-0.3, -0.25) is 10.1 Å². The van der Waals surface area contributed by atoms with Crippen LogP contribution in [0, 0.1) is 0 Å². The molecule has 0 atom stereocenters. The van der Waals surface area contributed by atoms with Crippen LogP contribution >= 0.6 is 11.3 Å². The van der Waals surface area contributed by atoms with Crippen molar-refractivity contribution in [3.05, 3.63) is 71.7 Å². The van der Waals surface area contributed by atoms with Gasteiger partial charge < -0.3 is 9.67 Å². The first-order chi connectivity index (χ1) is 11.8. The van der Waals surface area contributed by atoms with Crippen LogP contribution in [0.5, 0.6) is 5.88 Å². The summed E-state index contributed by atoms with van der Waals surface area (Å²) in [6, 6.07) is 16.6. The van der Waals surface area contributed by atoms with Crippen LogP contribution in [0.3, 0.4) is 0 Å². The van der Waals surface area contributed by atoms with E-state index in [9.17, 15) is 9.90 Å². The molecule has 0 saturated heterocycles. The molecule has 0 saturated carbocycles. The van der Waals surface area contributed by atoms with Gasteiger partial charge in [0.15, 0.2) is 5.13 Å². The van der Waals surface area contributed by atoms with Gasteiger partial charge in [0.25, 0.3) is 5.91 Å². The first-order valence-corrected chi connectivity index (χ1v) is 8.20. The van der Waals surface area contributed by atoms with Crippen LogP contribution < -0.4 is 10.4 Å². The Balaban J connectivity index is 1.90. The molecule has 0 fully saturated rings. The van der Waals surface area contributed by atoms with Gasteiger partial charge in [-0.25, -0.2) is 4.98 Å². The van der Waals surface area contributed by atoms with Gasteiger partial charge in [0.1, 0.15) is 0 Å². The van der Waals surface area contributed by atoms with E-state index < -0.39 is 5.91 Å². The maximum Gasteiger partial charge on any atom is 0.259 e. The van der Waals surface area contributed by atoms with Gasteiger partial charge in [0, 0.05) is 22.7 Å². The number of hydrogen-bond acceptors (Lipinski definition) is 4. The van der Waals surface area contributed by atoms with Gasteiger partial charge in [-0.05, 0) is 24.1 Å². The van der Waals surface area contributed by atoms with Gasteiger partial charge in [-0.1, -0.05) is 36.4 Å². The molecule has 1 amide bonds. The van der Waals surface area contributed by atoms with E-state index >= 15 is 0 Å². The number of benzene rings is 2. The number of nitrogens with zero attached hydrogens (tertiary/aromatic N) is 2. The Labute approximate surface area is 141 Å². The van der Waals surface area contributed by atoms with Crippen molar-refractivity contribution in [3.63, 3.8) is 0 Å². The Morgan fingerprint density at radius 3 is 2.58 bits per heavy atom. The van der Waals surface area contributed by atoms with Gasteiger partial charge >= 0.3 is 0 Å². The van der Waals surface area contributed by atoms with Crippen LogP contribution in [0.25, 0.3) is 16.6 Å². The predicted octanol–water partition coefficient (Wildman–Crippen LogP) is 3.41. The number of hydrogen-bond donors (Lipinski definition) is 1. The number of carbonyl (C=O) groups excluding carboxylic acids is 1. The van der Waals surface area contributed by atoms with Crippen LogP contribution in [-0.2, 0) is 0 Å². The van der Waals surface area contributed by atoms with Crippen LogP contribution in [0.1, 0.15) is 10.4 Å². The fourth-order valence-electron chi connectivity index (χ4n) is 2.71. The van der Waals surface area contributed by atoms with Crippen molar-refractivity contribution < 1.29 is 9.90 Å². The summed E-state index contributed by atoms with van der Waals surface area (Å²) in [5.41, 5.74) is 1.56. The zero-order valence-corrected chi connectivity index (χ0v) is 13.3. The predicted molar refractivity (Wildman–Crippen MR) is 92.8 cm³/mol. The molecule has 2 aromatic carbocycles. The fraction of sp³-hybridized carbons (Fsp3) is 0. The summed E-state index contributed by atoms with van der Waals surface area (Å²) in [5.74, 6) is -0.780. The molecule has 0 aliphatic heterocycles. The summed E-state index contributed by atoms with van der Waals surface area (Å²) in [7, 11) is 0. The Bertz CT molecular complexity index is 1010. The number of rotatable bonds is 3. The molecular formula is C18H12N3O2S-. The number of carbonyl (C=O) groups is 1. The lowest BCUT2D eigenvalue weighted by Crippen LogP contribution is -2.14. The van der Waals surface area contributed by atoms with E-state index in [1.807, 2.05) is 48.5 Å². The maximum absolute atomic E-state index is 12.9. The first kappa shape index (κ1) is 14.5. The number of aromatic nitrogens is 2. The van der Waals surface area contributed by atoms with Crippen molar-refractivity contribution in [2.75, 3.05) is 5.32 Å². The standard InChI is InChI=1S/C18H13N3O2S/c22-16(20-18-19-10-11-24-18)15-13-8-4-5-9-14(13)21(17(15)23)12-6-2-1-3-7-12/h1-11,23H,(H,19,20,22)/p-1. The molecule has 0 radical (unpaired) electrons. The summed E-state index contributed by atoms with van der Waals surface area (Å²) in [5, 5.41) is 18.5. The quantitative estimate of drug-likeness (QED) is 0.624. The number of para-hydroxylation sites is 2. The van der Waals surface area contributed by atoms with E-state index in [-0.39, 0.29) is 11.4 Å². The van der Waals surface area contributed by atoms with E-state index in [0.717, 1.165) is 5.69 Å². The lowest BCUT2D eigenvalue weighted by atomic mass is 10.1. The Kier molecular flexibility index (Phi) is 3.51. The minimum absolute atomic E-state index is 0.129. The second-order valence-electron chi connectivity index (χ2n) is 5.16. The van der Waals surface area contributed by atoms with Crippen LogP contribution in [0.4, 0.5) is 5.13 Å². The van der Waals surface area contributed by atoms with Gasteiger partial charge in [0.2, 0.25) is 0 Å². The molecule has 1 N–H and O–H groups in total. The summed E-state index contributed by atoms with van der Waals surface area (Å²) in [6.45, 7) is 0. The molecule has 6 heteroatoms. The fourth-order valence-corrected chi connectivity index (χ4v) is 3.24. The van der Waals surface area contributed by atoms with E-state index in [1.165, 1.54) is 11.3 Å². The number of fused-ring (bicyclic) bond motifs is 1. The minimum atomic E-state index is -0.444. The maximum atomic E-state index is 12.9. The highest BCUT2D eigenvalue weighted by Crippen LogP contribution is 2.33. The second-order valence-corrected chi connectivity index (χ2v) is 6.05. The monoisotopic (exact) mass is 334 g/mol. The summed E-state index contributed by atoms with van der Waals surface area (Å²) < 4.78 is 1.56. The molecule has 24 heavy (non-hydrogen) atoms. The number of nitrogens with one attached hydrogen (secondary N) is 1. The van der Waals surface area contributed by atoms with E-state index in [1.54, 1.807) is 22.2 Å². The molecule has 2 aromatic heterocycles. The van der Waals surface area contributed by atoms with Crippen LogP contribution in [0.2, 0.25) is 0 Å². The molecule has 2 heterocycles. The minimum Gasteiger partial charge on any atom is -0.859 e. The molecule has 5 nitrogen and oxygen atoms in total. The average Bonchev–Trinajstić information content (AvgIpc) is 3.20. The topological polar surface area (TPSA) is 70.0 Å². The number of amides is 1. The third-order valence-corrected chi connectivity index (χ3v) is 4.41. The smallest absolute Gasteiger partial charge is 0.259 e. The SMILES string of the molecule is O=C(Nc1nccs1)c1c([O-])n(-c2ccccc2)c2ccccc12. The van der Waals surface area contributed by atoms with E-state index in [2.05, 4.69) is 10.3 Å². The van der Waals surface area contributed by atoms with Crippen LogP contribution in [-0.4, -0.2) is 15.5 Å². The third kappa shape index (κ3) is 2.33. The van der Waals surface area contributed by atoms with Crippen molar-refractivity contribution in [2.45, 2.75) is 0 Å². The van der Waals surface area contributed by atoms with E-state index in [0.29, 0.717) is 16.0 Å². The van der Waals surface area contributed by atoms with Gasteiger partial charge in [-0.2, -0.15) is 0 Å². The lowest BCUT2D eigenvalue weighted by molar-refractivity contribution is -0.276. The molecule has 4 rings (SSSR count). The van der Waals surface area contributed by atoms with Gasteiger partial charge in [-0.15, -0.1) is 11.3 Å². The normalized spacial score (nSPS) is 10.8. The molecule has 4 aromatic rings. The molecule has 118 valence electrons. The average molecular weight is 334 g/mol. The summed E-state index contributed by atoms with van der Waals surface area (Å²) >= 11 is 1.31. The Morgan fingerprint density at radius 1 is 1.08 bits per heavy atom.